The fraction of sp³-hybridized carbons (Fsp3) is 0.357. The first-order valence-electron chi connectivity index (χ1n) is 5.99. The van der Waals surface area contributed by atoms with Crippen molar-refractivity contribution in [1.29, 1.82) is 0 Å². The average molecular weight is 265 g/mol. The molecule has 0 saturated heterocycles. The van der Waals surface area contributed by atoms with Crippen molar-refractivity contribution in [3.8, 4) is 0 Å². The highest BCUT2D eigenvalue weighted by Gasteiger charge is 2.16. The molecule has 0 fully saturated rings. The topological polar surface area (TPSA) is 52.0 Å². The molecule has 1 aromatic heterocycles. The van der Waals surface area contributed by atoms with Crippen LogP contribution in [0, 0.1) is 13.8 Å². The molecule has 0 saturated carbocycles. The number of hydrogen-bond donors (Lipinski definition) is 1. The Balaban J connectivity index is 2.22. The van der Waals surface area contributed by atoms with E-state index < -0.39 is 0 Å². The zero-order valence-electron chi connectivity index (χ0n) is 10.6. The van der Waals surface area contributed by atoms with E-state index in [0.717, 1.165) is 28.5 Å². The van der Waals surface area contributed by atoms with Crippen molar-refractivity contribution in [2.45, 2.75) is 26.2 Å². The molecule has 0 bridgehead atoms. The third kappa shape index (κ3) is 2.74. The van der Waals surface area contributed by atoms with E-state index in [2.05, 4.69) is 5.16 Å². The summed E-state index contributed by atoms with van der Waals surface area (Å²) >= 11 is 5.90. The van der Waals surface area contributed by atoms with Crippen molar-refractivity contribution in [2.24, 2.45) is 5.73 Å². The smallest absolute Gasteiger partial charge is 0.137 e. The van der Waals surface area contributed by atoms with E-state index in [-0.39, 0.29) is 5.92 Å². The second-order valence-electron chi connectivity index (χ2n) is 4.49. The van der Waals surface area contributed by atoms with Crippen molar-refractivity contribution in [3.05, 3.63) is 51.9 Å². The normalized spacial score (nSPS) is 12.7. The van der Waals surface area contributed by atoms with Crippen LogP contribution in [0.1, 0.15) is 28.5 Å². The third-order valence-corrected chi connectivity index (χ3v) is 3.51. The van der Waals surface area contributed by atoms with Gasteiger partial charge in [-0.05, 0) is 44.5 Å². The van der Waals surface area contributed by atoms with Crippen LogP contribution in [-0.4, -0.2) is 11.7 Å². The minimum atomic E-state index is 0.263. The van der Waals surface area contributed by atoms with Gasteiger partial charge in [0.2, 0.25) is 0 Å². The van der Waals surface area contributed by atoms with Gasteiger partial charge >= 0.3 is 0 Å². The summed E-state index contributed by atoms with van der Waals surface area (Å²) in [6.45, 7) is 4.48. The van der Waals surface area contributed by atoms with E-state index in [1.807, 2.05) is 38.1 Å². The molecule has 1 aromatic carbocycles. The van der Waals surface area contributed by atoms with Crippen LogP contribution in [0.3, 0.4) is 0 Å². The third-order valence-electron chi connectivity index (χ3n) is 3.26. The van der Waals surface area contributed by atoms with Crippen LogP contribution in [0.25, 0.3) is 0 Å². The minimum absolute atomic E-state index is 0.263. The summed E-state index contributed by atoms with van der Waals surface area (Å²) in [5.41, 5.74) is 9.17. The summed E-state index contributed by atoms with van der Waals surface area (Å²) in [7, 11) is 0. The highest BCUT2D eigenvalue weighted by Crippen LogP contribution is 2.24. The largest absolute Gasteiger partial charge is 0.361 e. The Morgan fingerprint density at radius 3 is 2.44 bits per heavy atom. The summed E-state index contributed by atoms with van der Waals surface area (Å²) in [5.74, 6) is 1.14. The van der Waals surface area contributed by atoms with Gasteiger partial charge in [0, 0.05) is 16.5 Å². The first-order valence-corrected chi connectivity index (χ1v) is 6.37. The lowest BCUT2D eigenvalue weighted by Crippen LogP contribution is -2.15. The Hall–Kier alpha value is -1.32. The molecule has 4 heteroatoms. The Labute approximate surface area is 112 Å². The number of hydrogen-bond acceptors (Lipinski definition) is 3. The first kappa shape index (κ1) is 13.1. The molecule has 0 aliphatic carbocycles. The molecule has 96 valence electrons. The minimum Gasteiger partial charge on any atom is -0.361 e. The molecule has 2 rings (SSSR count). The number of halogens is 1. The van der Waals surface area contributed by atoms with E-state index in [9.17, 15) is 0 Å². The monoisotopic (exact) mass is 264 g/mol. The maximum Gasteiger partial charge on any atom is 0.137 e. The van der Waals surface area contributed by atoms with Crippen molar-refractivity contribution >= 4 is 11.6 Å². The zero-order valence-corrected chi connectivity index (χ0v) is 11.4. The number of nitrogens with two attached hydrogens (primary N) is 1. The lowest BCUT2D eigenvalue weighted by molar-refractivity contribution is 0.392. The van der Waals surface area contributed by atoms with E-state index >= 15 is 0 Å². The van der Waals surface area contributed by atoms with Crippen LogP contribution in [-0.2, 0) is 6.42 Å². The molecule has 0 radical (unpaired) electrons. The Kier molecular flexibility index (Phi) is 4.04. The first-order chi connectivity index (χ1) is 8.61. The summed E-state index contributed by atoms with van der Waals surface area (Å²) in [6, 6.07) is 7.84. The van der Waals surface area contributed by atoms with E-state index in [1.54, 1.807) is 0 Å². The van der Waals surface area contributed by atoms with Gasteiger partial charge in [0.15, 0.2) is 0 Å². The predicted molar refractivity (Wildman–Crippen MR) is 72.9 cm³/mol. The second-order valence-corrected chi connectivity index (χ2v) is 4.93. The lowest BCUT2D eigenvalue weighted by atomic mass is 9.91. The molecule has 2 N–H and O–H groups in total. The van der Waals surface area contributed by atoms with Crippen molar-refractivity contribution in [3.63, 3.8) is 0 Å². The maximum atomic E-state index is 5.90. The molecule has 18 heavy (non-hydrogen) atoms. The Morgan fingerprint density at radius 1 is 1.28 bits per heavy atom. The quantitative estimate of drug-likeness (QED) is 0.922. The second kappa shape index (κ2) is 5.55. The van der Waals surface area contributed by atoms with E-state index in [4.69, 9.17) is 21.9 Å². The molecular weight excluding hydrogens is 248 g/mol. The van der Waals surface area contributed by atoms with Crippen LogP contribution in [0.2, 0.25) is 5.02 Å². The molecular formula is C14H17ClN2O. The average Bonchev–Trinajstić information content (AvgIpc) is 2.68. The summed E-state index contributed by atoms with van der Waals surface area (Å²) in [5, 5.41) is 4.72. The fourth-order valence-electron chi connectivity index (χ4n) is 2.11. The number of aromatic nitrogens is 1. The Morgan fingerprint density at radius 2 is 1.94 bits per heavy atom. The molecule has 3 nitrogen and oxygen atoms in total. The van der Waals surface area contributed by atoms with Crippen molar-refractivity contribution in [2.75, 3.05) is 6.54 Å². The molecule has 2 aromatic rings. The van der Waals surface area contributed by atoms with Crippen molar-refractivity contribution in [1.82, 2.24) is 5.16 Å². The van der Waals surface area contributed by atoms with E-state index in [0.29, 0.717) is 6.54 Å². The SMILES string of the molecule is Cc1noc(C)c1CC(CN)c1ccc(Cl)cc1. The van der Waals surface area contributed by atoms with Gasteiger partial charge in [-0.3, -0.25) is 0 Å². The Bertz CT molecular complexity index is 500. The van der Waals surface area contributed by atoms with Crippen LogP contribution < -0.4 is 5.73 Å². The summed E-state index contributed by atoms with van der Waals surface area (Å²) in [6.07, 6.45) is 0.847. The van der Waals surface area contributed by atoms with Gasteiger partial charge < -0.3 is 10.3 Å². The van der Waals surface area contributed by atoms with Crippen LogP contribution in [0.4, 0.5) is 0 Å². The number of aryl methyl sites for hydroxylation is 2. The van der Waals surface area contributed by atoms with Gasteiger partial charge in [-0.1, -0.05) is 28.9 Å². The van der Waals surface area contributed by atoms with Crippen LogP contribution >= 0.6 is 11.6 Å². The molecule has 0 spiro atoms. The van der Waals surface area contributed by atoms with Gasteiger partial charge in [0.25, 0.3) is 0 Å². The number of nitrogens with zero attached hydrogens (tertiary/aromatic N) is 1. The standard InChI is InChI=1S/C14H17ClN2O/c1-9-14(10(2)18-17-9)7-12(8-16)11-3-5-13(15)6-4-11/h3-6,12H,7-8,16H2,1-2H3. The zero-order chi connectivity index (χ0) is 13.1. The van der Waals surface area contributed by atoms with Crippen LogP contribution in [0.5, 0.6) is 0 Å². The van der Waals surface area contributed by atoms with Gasteiger partial charge in [0.1, 0.15) is 5.76 Å². The highest BCUT2D eigenvalue weighted by atomic mass is 35.5. The van der Waals surface area contributed by atoms with Crippen molar-refractivity contribution < 1.29 is 4.52 Å². The molecule has 0 aliphatic rings. The highest BCUT2D eigenvalue weighted by molar-refractivity contribution is 6.30. The van der Waals surface area contributed by atoms with Crippen LogP contribution in [0.15, 0.2) is 28.8 Å². The number of rotatable bonds is 4. The molecule has 0 amide bonds. The number of benzene rings is 1. The maximum absolute atomic E-state index is 5.90. The molecule has 1 atom stereocenters. The summed E-state index contributed by atoms with van der Waals surface area (Å²) < 4.78 is 5.18. The summed E-state index contributed by atoms with van der Waals surface area (Å²) in [4.78, 5) is 0. The van der Waals surface area contributed by atoms with Gasteiger partial charge in [-0.15, -0.1) is 0 Å². The molecule has 1 heterocycles. The van der Waals surface area contributed by atoms with Gasteiger partial charge in [-0.25, -0.2) is 0 Å². The lowest BCUT2D eigenvalue weighted by Gasteiger charge is -2.15. The van der Waals surface area contributed by atoms with E-state index in [1.165, 1.54) is 5.56 Å². The fourth-order valence-corrected chi connectivity index (χ4v) is 2.24. The predicted octanol–water partition coefficient (Wildman–Crippen LogP) is 3.23. The molecule has 1 unspecified atom stereocenters. The molecule has 0 aliphatic heterocycles. The van der Waals surface area contributed by atoms with Gasteiger partial charge in [0.05, 0.1) is 5.69 Å². The van der Waals surface area contributed by atoms with Gasteiger partial charge in [-0.2, -0.15) is 0 Å².